The van der Waals surface area contributed by atoms with Gasteiger partial charge in [0.1, 0.15) is 16.6 Å². The molecule has 0 bridgehead atoms. The second-order valence-electron chi connectivity index (χ2n) is 9.86. The monoisotopic (exact) mass is 534 g/mol. The van der Waals surface area contributed by atoms with Crippen LogP contribution in [0.15, 0.2) is 66.2 Å². The van der Waals surface area contributed by atoms with Crippen LogP contribution in [0.1, 0.15) is 56.2 Å². The summed E-state index contributed by atoms with van der Waals surface area (Å²) in [4.78, 5) is 27.8. The van der Waals surface area contributed by atoms with E-state index in [1.165, 1.54) is 4.88 Å². The first-order chi connectivity index (χ1) is 18.9. The molecule has 0 spiro atoms. The molecule has 0 unspecified atom stereocenters. The third-order valence-electron chi connectivity index (χ3n) is 7.06. The van der Waals surface area contributed by atoms with Crippen molar-refractivity contribution in [1.82, 2.24) is 4.57 Å². The Hall–Kier alpha value is -4.41. The van der Waals surface area contributed by atoms with Crippen LogP contribution in [0, 0.1) is 32.1 Å². The average molecular weight is 535 g/mol. The van der Waals surface area contributed by atoms with Crippen LogP contribution in [-0.4, -0.2) is 16.4 Å². The number of para-hydroxylation sites is 1. The van der Waals surface area contributed by atoms with E-state index in [1.54, 1.807) is 17.4 Å². The van der Waals surface area contributed by atoms with Gasteiger partial charge in [-0.3, -0.25) is 9.59 Å². The van der Waals surface area contributed by atoms with E-state index >= 15 is 0 Å². The minimum absolute atomic E-state index is 0.0170. The second kappa shape index (κ2) is 11.1. The van der Waals surface area contributed by atoms with E-state index in [4.69, 9.17) is 0 Å². The number of thiophene rings is 1. The molecule has 2 amide bonds. The van der Waals surface area contributed by atoms with Crippen LogP contribution in [0.25, 0.3) is 11.1 Å². The van der Waals surface area contributed by atoms with E-state index in [-0.39, 0.29) is 11.5 Å². The number of nitriles is 1. The van der Waals surface area contributed by atoms with Gasteiger partial charge in [0, 0.05) is 27.6 Å². The lowest BCUT2D eigenvalue weighted by molar-refractivity contribution is -0.112. The zero-order valence-corrected chi connectivity index (χ0v) is 23.1. The normalized spacial score (nSPS) is 12.9. The Kier molecular flexibility index (Phi) is 7.49. The summed E-state index contributed by atoms with van der Waals surface area (Å²) in [5.74, 6) is -0.573. The van der Waals surface area contributed by atoms with E-state index in [9.17, 15) is 14.9 Å². The molecule has 5 rings (SSSR count). The molecule has 196 valence electrons. The molecule has 39 heavy (non-hydrogen) atoms. The molecular weight excluding hydrogens is 504 g/mol. The van der Waals surface area contributed by atoms with Gasteiger partial charge in [-0.15, -0.1) is 11.3 Å². The fourth-order valence-corrected chi connectivity index (χ4v) is 6.54. The molecular formula is C32H30N4O2S. The predicted molar refractivity (Wildman–Crippen MR) is 158 cm³/mol. The van der Waals surface area contributed by atoms with Gasteiger partial charge in [-0.25, -0.2) is 0 Å². The first-order valence-corrected chi connectivity index (χ1v) is 13.9. The summed E-state index contributed by atoms with van der Waals surface area (Å²) in [7, 11) is 0. The Bertz CT molecular complexity index is 1620. The molecule has 0 fully saturated rings. The van der Waals surface area contributed by atoms with Gasteiger partial charge >= 0.3 is 0 Å². The first-order valence-electron chi connectivity index (χ1n) is 13.1. The molecule has 0 aliphatic heterocycles. The van der Waals surface area contributed by atoms with Crippen LogP contribution in [-0.2, 0) is 17.6 Å². The molecule has 1 aliphatic carbocycles. The van der Waals surface area contributed by atoms with Gasteiger partial charge in [-0.1, -0.05) is 35.9 Å². The van der Waals surface area contributed by atoms with Crippen LogP contribution in [0.4, 0.5) is 11.4 Å². The van der Waals surface area contributed by atoms with Crippen molar-refractivity contribution < 1.29 is 9.59 Å². The van der Waals surface area contributed by atoms with Crippen molar-refractivity contribution in [2.24, 2.45) is 0 Å². The summed E-state index contributed by atoms with van der Waals surface area (Å²) in [6, 6.07) is 21.0. The van der Waals surface area contributed by atoms with Crippen molar-refractivity contribution >= 4 is 40.6 Å². The average Bonchev–Trinajstić information content (AvgIpc) is 3.44. The van der Waals surface area contributed by atoms with E-state index in [0.717, 1.165) is 64.4 Å². The third-order valence-corrected chi connectivity index (χ3v) is 8.34. The Labute approximate surface area is 232 Å². The highest BCUT2D eigenvalue weighted by atomic mass is 32.1. The lowest BCUT2D eigenvalue weighted by atomic mass is 9.95. The maximum Gasteiger partial charge on any atom is 0.266 e. The van der Waals surface area contributed by atoms with Crippen molar-refractivity contribution in [3.63, 3.8) is 0 Å². The zero-order chi connectivity index (χ0) is 27.5. The Balaban J connectivity index is 1.52. The fourth-order valence-electron chi connectivity index (χ4n) is 5.04. The smallest absolute Gasteiger partial charge is 0.266 e. The van der Waals surface area contributed by atoms with E-state index < -0.39 is 5.91 Å². The molecule has 1 aliphatic rings. The van der Waals surface area contributed by atoms with E-state index in [2.05, 4.69) is 21.3 Å². The Morgan fingerprint density at radius 3 is 2.36 bits per heavy atom. The van der Waals surface area contributed by atoms with Crippen molar-refractivity contribution in [2.75, 3.05) is 10.6 Å². The highest BCUT2D eigenvalue weighted by Crippen LogP contribution is 2.39. The first kappa shape index (κ1) is 26.2. The van der Waals surface area contributed by atoms with Crippen molar-refractivity contribution in [1.29, 1.82) is 5.26 Å². The Morgan fingerprint density at radius 1 is 0.949 bits per heavy atom. The summed E-state index contributed by atoms with van der Waals surface area (Å²) in [5, 5.41) is 16.6. The number of carbonyl (C=O) groups excluding carboxylic acids is 2. The molecule has 2 aromatic carbocycles. The number of nitrogens with zero attached hydrogens (tertiary/aromatic N) is 2. The van der Waals surface area contributed by atoms with Crippen molar-refractivity contribution in [3.8, 4) is 11.1 Å². The molecule has 0 radical (unpaired) electrons. The highest BCUT2D eigenvalue weighted by molar-refractivity contribution is 7.15. The third kappa shape index (κ3) is 5.43. The number of anilines is 2. The number of aryl methyl sites for hydroxylation is 3. The maximum atomic E-state index is 13.7. The number of hydrogen-bond donors (Lipinski definition) is 2. The summed E-state index contributed by atoms with van der Waals surface area (Å²) in [5.41, 5.74) is 6.92. The van der Waals surface area contributed by atoms with Crippen LogP contribution < -0.4 is 10.6 Å². The van der Waals surface area contributed by atoms with Gasteiger partial charge in [0.2, 0.25) is 0 Å². The van der Waals surface area contributed by atoms with Gasteiger partial charge in [-0.2, -0.15) is 5.26 Å². The Morgan fingerprint density at radius 2 is 1.64 bits per heavy atom. The molecule has 2 aromatic heterocycles. The number of carbonyl (C=O) groups is 2. The molecule has 0 saturated carbocycles. The second-order valence-corrected chi connectivity index (χ2v) is 10.9. The quantitative estimate of drug-likeness (QED) is 0.204. The molecule has 2 heterocycles. The number of fused-ring (bicyclic) bond motifs is 1. The lowest BCUT2D eigenvalue weighted by Crippen LogP contribution is -2.17. The lowest BCUT2D eigenvalue weighted by Gasteiger charge is -2.14. The summed E-state index contributed by atoms with van der Waals surface area (Å²) in [6.45, 7) is 5.92. The summed E-state index contributed by atoms with van der Waals surface area (Å²) >= 11 is 1.67. The van der Waals surface area contributed by atoms with Crippen molar-refractivity contribution in [2.45, 2.75) is 46.5 Å². The molecule has 2 N–H and O–H groups in total. The minimum atomic E-state index is -0.458. The minimum Gasteiger partial charge on any atom is -0.322 e. The van der Waals surface area contributed by atoms with Gasteiger partial charge in [0.15, 0.2) is 0 Å². The SMILES string of the molecule is Cc1ccc(NC(=O)/C(C#N)=C\c2cc(C)n(-c3sc4c(c3C(=O)Nc3ccccc3)CCCC4)c2C)cc1. The summed E-state index contributed by atoms with van der Waals surface area (Å²) in [6.07, 6.45) is 5.66. The molecule has 0 atom stereocenters. The van der Waals surface area contributed by atoms with Gasteiger partial charge in [0.05, 0.1) is 5.56 Å². The van der Waals surface area contributed by atoms with Gasteiger partial charge in [0.25, 0.3) is 11.8 Å². The fraction of sp³-hybridized carbons (Fsp3) is 0.219. The number of nitrogens with one attached hydrogen (secondary N) is 2. The maximum absolute atomic E-state index is 13.7. The standard InChI is InChI=1S/C32H30N4O2S/c1-20-13-15-26(16-14-20)34-30(37)24(19-33)18-23-17-21(2)36(22(23)3)32-29(27-11-7-8-12-28(27)39-32)31(38)35-25-9-5-4-6-10-25/h4-6,9-10,13-18H,7-8,11-12H2,1-3H3,(H,34,37)(H,35,38)/b24-18-. The van der Waals surface area contributed by atoms with Gasteiger partial charge < -0.3 is 15.2 Å². The number of hydrogen-bond acceptors (Lipinski definition) is 4. The number of benzene rings is 2. The topological polar surface area (TPSA) is 86.9 Å². The number of aromatic nitrogens is 1. The molecule has 7 heteroatoms. The van der Waals surface area contributed by atoms with Gasteiger partial charge in [-0.05, 0) is 94.0 Å². The molecule has 0 saturated heterocycles. The van der Waals surface area contributed by atoms with E-state index in [0.29, 0.717) is 11.3 Å². The van der Waals surface area contributed by atoms with Crippen molar-refractivity contribution in [3.05, 3.63) is 105 Å². The van der Waals surface area contributed by atoms with Crippen LogP contribution in [0.2, 0.25) is 0 Å². The molecule has 6 nitrogen and oxygen atoms in total. The molecule has 4 aromatic rings. The van der Waals surface area contributed by atoms with Crippen LogP contribution >= 0.6 is 11.3 Å². The zero-order valence-electron chi connectivity index (χ0n) is 22.3. The summed E-state index contributed by atoms with van der Waals surface area (Å²) < 4.78 is 2.08. The van der Waals surface area contributed by atoms with Crippen LogP contribution in [0.3, 0.4) is 0 Å². The van der Waals surface area contributed by atoms with Crippen LogP contribution in [0.5, 0.6) is 0 Å². The van der Waals surface area contributed by atoms with E-state index in [1.807, 2.05) is 81.4 Å². The number of rotatable bonds is 6. The highest BCUT2D eigenvalue weighted by Gasteiger charge is 2.28. The predicted octanol–water partition coefficient (Wildman–Crippen LogP) is 7.14. The largest absolute Gasteiger partial charge is 0.322 e. The number of amides is 2.